The number of nitro benzene ring substituents is 1. The maximum Gasteiger partial charge on any atom is 0.276 e. The fourth-order valence-corrected chi connectivity index (χ4v) is 5.14. The highest BCUT2D eigenvalue weighted by atomic mass is 32.1. The number of non-ortho nitro benzene ring substituents is 1. The van der Waals surface area contributed by atoms with Crippen LogP contribution in [0, 0.1) is 10.1 Å². The highest BCUT2D eigenvalue weighted by Crippen LogP contribution is 2.26. The number of carbonyl (C=O) groups excluding carboxylic acids is 1. The summed E-state index contributed by atoms with van der Waals surface area (Å²) in [6.07, 6.45) is 3.18. The van der Waals surface area contributed by atoms with Crippen molar-refractivity contribution < 1.29 is 9.72 Å². The summed E-state index contributed by atoms with van der Waals surface area (Å²) in [5.74, 6) is -0.167. The Bertz CT molecular complexity index is 1120. The van der Waals surface area contributed by atoms with Crippen LogP contribution in [-0.2, 0) is 17.6 Å². The van der Waals surface area contributed by atoms with Crippen LogP contribution in [0.5, 0.6) is 0 Å². The number of thiophene rings is 2. The zero-order valence-electron chi connectivity index (χ0n) is 16.5. The van der Waals surface area contributed by atoms with Crippen molar-refractivity contribution in [1.82, 2.24) is 9.80 Å². The third kappa shape index (κ3) is 4.90. The van der Waals surface area contributed by atoms with Gasteiger partial charge in [-0.3, -0.25) is 19.8 Å². The Morgan fingerprint density at radius 1 is 0.968 bits per heavy atom. The maximum absolute atomic E-state index is 13.3. The van der Waals surface area contributed by atoms with Crippen LogP contribution in [0.3, 0.4) is 0 Å². The van der Waals surface area contributed by atoms with Crippen molar-refractivity contribution in [2.24, 2.45) is 0 Å². The van der Waals surface area contributed by atoms with Gasteiger partial charge in [-0.05, 0) is 59.6 Å². The Labute approximate surface area is 193 Å². The molecule has 1 saturated heterocycles. The summed E-state index contributed by atoms with van der Waals surface area (Å²) >= 11 is 9.00. The van der Waals surface area contributed by atoms with Crippen LogP contribution in [0.15, 0.2) is 65.0 Å². The number of hydrogen-bond acceptors (Lipinski definition) is 6. The fraction of sp³-hybridized carbons (Fsp3) is 0.182. The number of thiocarbonyl (C=S) groups is 1. The first-order valence-corrected chi connectivity index (χ1v) is 11.8. The van der Waals surface area contributed by atoms with Gasteiger partial charge in [0.25, 0.3) is 11.6 Å². The molecule has 0 saturated carbocycles. The average molecular weight is 470 g/mol. The Morgan fingerprint density at radius 3 is 2.19 bits per heavy atom. The van der Waals surface area contributed by atoms with Gasteiger partial charge in [-0.25, -0.2) is 0 Å². The van der Waals surface area contributed by atoms with E-state index in [1.807, 2.05) is 33.9 Å². The van der Waals surface area contributed by atoms with Gasteiger partial charge in [-0.15, -0.1) is 22.7 Å². The molecule has 1 aromatic carbocycles. The van der Waals surface area contributed by atoms with E-state index in [-0.39, 0.29) is 11.6 Å². The van der Waals surface area contributed by atoms with E-state index in [2.05, 4.69) is 6.07 Å². The Kier molecular flexibility index (Phi) is 6.55. The smallest absolute Gasteiger partial charge is 0.276 e. The normalized spacial score (nSPS) is 15.3. The largest absolute Gasteiger partial charge is 0.313 e. The number of rotatable bonds is 8. The lowest BCUT2D eigenvalue weighted by atomic mass is 10.1. The van der Waals surface area contributed by atoms with Gasteiger partial charge in [0.2, 0.25) is 0 Å². The number of amides is 1. The average Bonchev–Trinajstić information content (AvgIpc) is 3.50. The molecule has 31 heavy (non-hydrogen) atoms. The summed E-state index contributed by atoms with van der Waals surface area (Å²) in [6.45, 7) is 1.07. The van der Waals surface area contributed by atoms with Crippen molar-refractivity contribution in [2.75, 3.05) is 13.1 Å². The second kappa shape index (κ2) is 9.51. The van der Waals surface area contributed by atoms with Crippen molar-refractivity contribution in [3.63, 3.8) is 0 Å². The minimum Gasteiger partial charge on any atom is -0.313 e. The van der Waals surface area contributed by atoms with Crippen molar-refractivity contribution >= 4 is 57.7 Å². The Morgan fingerprint density at radius 2 is 1.61 bits per heavy atom. The summed E-state index contributed by atoms with van der Waals surface area (Å²) < 4.78 is 0. The molecule has 9 heteroatoms. The monoisotopic (exact) mass is 469 g/mol. The molecule has 1 aliphatic heterocycles. The molecule has 0 spiro atoms. The molecule has 3 heterocycles. The summed E-state index contributed by atoms with van der Waals surface area (Å²) in [4.78, 5) is 29.9. The molecule has 0 unspecified atom stereocenters. The Hall–Kier alpha value is -2.88. The molecule has 3 aromatic rings. The zero-order chi connectivity index (χ0) is 21.8. The van der Waals surface area contributed by atoms with Gasteiger partial charge in [0.1, 0.15) is 5.70 Å². The van der Waals surface area contributed by atoms with Crippen LogP contribution in [0.1, 0.15) is 15.3 Å². The van der Waals surface area contributed by atoms with Crippen molar-refractivity contribution in [2.45, 2.75) is 12.8 Å². The molecule has 6 nitrogen and oxygen atoms in total. The lowest BCUT2D eigenvalue weighted by Crippen LogP contribution is -2.34. The van der Waals surface area contributed by atoms with E-state index in [4.69, 9.17) is 12.2 Å². The SMILES string of the molecule is O=C1/C(=C\c2cccc([N+](=O)[O-])c2)N(CCc2cccs2)C(=S)N1CCc1cccs1. The maximum atomic E-state index is 13.3. The molecule has 0 aliphatic carbocycles. The topological polar surface area (TPSA) is 66.7 Å². The second-order valence-electron chi connectivity index (χ2n) is 6.93. The minimum atomic E-state index is -0.439. The molecular weight excluding hydrogens is 450 g/mol. The summed E-state index contributed by atoms with van der Waals surface area (Å²) in [7, 11) is 0. The number of carbonyl (C=O) groups is 1. The van der Waals surface area contributed by atoms with Crippen molar-refractivity contribution in [1.29, 1.82) is 0 Å². The first kappa shape index (κ1) is 21.4. The zero-order valence-corrected chi connectivity index (χ0v) is 18.9. The second-order valence-corrected chi connectivity index (χ2v) is 9.36. The molecular formula is C22H19N3O3S3. The number of nitrogens with zero attached hydrogens (tertiary/aromatic N) is 3. The van der Waals surface area contributed by atoms with Crippen LogP contribution in [0.4, 0.5) is 5.69 Å². The van der Waals surface area contributed by atoms with Crippen LogP contribution >= 0.6 is 34.9 Å². The van der Waals surface area contributed by atoms with E-state index < -0.39 is 4.92 Å². The number of nitro groups is 1. The number of hydrogen-bond donors (Lipinski definition) is 0. The van der Waals surface area contributed by atoms with Gasteiger partial charge in [0, 0.05) is 35.0 Å². The van der Waals surface area contributed by atoms with Crippen molar-refractivity contribution in [3.05, 3.63) is 90.4 Å². The van der Waals surface area contributed by atoms with E-state index >= 15 is 0 Å². The van der Waals surface area contributed by atoms with Crippen LogP contribution in [0.2, 0.25) is 0 Å². The van der Waals surface area contributed by atoms with E-state index in [1.165, 1.54) is 21.9 Å². The summed E-state index contributed by atoms with van der Waals surface area (Å²) in [5, 5.41) is 15.7. The molecule has 158 valence electrons. The fourth-order valence-electron chi connectivity index (χ4n) is 3.38. The molecule has 1 fully saturated rings. The van der Waals surface area contributed by atoms with Gasteiger partial charge in [0.15, 0.2) is 5.11 Å². The third-order valence-electron chi connectivity index (χ3n) is 4.93. The summed E-state index contributed by atoms with van der Waals surface area (Å²) in [5.41, 5.74) is 1.04. The van der Waals surface area contributed by atoms with Gasteiger partial charge >= 0.3 is 0 Å². The predicted molar refractivity (Wildman–Crippen MR) is 128 cm³/mol. The standard InChI is InChI=1S/C22H19N3O3S3/c26-21-20(15-16-4-1-5-17(14-16)25(27)28)23(10-8-18-6-2-12-30-18)22(29)24(21)11-9-19-7-3-13-31-19/h1-7,12-15H,8-11H2/b20-15+. The van der Waals surface area contributed by atoms with Crippen LogP contribution in [-0.4, -0.2) is 38.8 Å². The molecule has 0 atom stereocenters. The van der Waals surface area contributed by atoms with E-state index in [0.29, 0.717) is 29.5 Å². The number of benzene rings is 1. The Balaban J connectivity index is 1.61. The summed E-state index contributed by atoms with van der Waals surface area (Å²) in [6, 6.07) is 14.4. The molecule has 2 aromatic heterocycles. The van der Waals surface area contributed by atoms with Crippen molar-refractivity contribution in [3.8, 4) is 0 Å². The highest BCUT2D eigenvalue weighted by molar-refractivity contribution is 7.80. The molecule has 0 radical (unpaired) electrons. The third-order valence-corrected chi connectivity index (χ3v) is 7.24. The van der Waals surface area contributed by atoms with E-state index in [9.17, 15) is 14.9 Å². The molecule has 1 amide bonds. The van der Waals surface area contributed by atoms with Gasteiger partial charge < -0.3 is 4.90 Å². The molecule has 0 N–H and O–H groups in total. The van der Waals surface area contributed by atoms with Gasteiger partial charge in [-0.2, -0.15) is 0 Å². The highest BCUT2D eigenvalue weighted by Gasteiger charge is 2.37. The van der Waals surface area contributed by atoms with E-state index in [0.717, 1.165) is 12.8 Å². The van der Waals surface area contributed by atoms with Crippen LogP contribution in [0.25, 0.3) is 6.08 Å². The molecule has 4 rings (SSSR count). The first-order valence-electron chi connectivity index (χ1n) is 9.67. The molecule has 1 aliphatic rings. The molecule has 0 bridgehead atoms. The van der Waals surface area contributed by atoms with Crippen LogP contribution < -0.4 is 0 Å². The lowest BCUT2D eigenvalue weighted by Gasteiger charge is -2.20. The quantitative estimate of drug-likeness (QED) is 0.202. The predicted octanol–water partition coefficient (Wildman–Crippen LogP) is 4.97. The van der Waals surface area contributed by atoms with Gasteiger partial charge in [-0.1, -0.05) is 24.3 Å². The first-order chi connectivity index (χ1) is 15.0. The van der Waals surface area contributed by atoms with Gasteiger partial charge in [0.05, 0.1) is 4.92 Å². The minimum absolute atomic E-state index is 0.0120. The van der Waals surface area contributed by atoms with E-state index in [1.54, 1.807) is 45.8 Å². The lowest BCUT2D eigenvalue weighted by molar-refractivity contribution is -0.384.